The molecule has 1 N–H and O–H groups in total. The fraction of sp³-hybridized carbons (Fsp3) is 0.273. The van der Waals surface area contributed by atoms with Crippen LogP contribution < -0.4 is 14.8 Å². The lowest BCUT2D eigenvalue weighted by molar-refractivity contribution is -0.131. The maximum absolute atomic E-state index is 12.6. The molecule has 0 spiro atoms. The van der Waals surface area contributed by atoms with Crippen molar-refractivity contribution in [3.8, 4) is 23.8 Å². The van der Waals surface area contributed by atoms with E-state index in [1.165, 1.54) is 14.2 Å². The molecule has 0 aliphatic rings. The summed E-state index contributed by atoms with van der Waals surface area (Å²) >= 11 is 5.88. The van der Waals surface area contributed by atoms with E-state index in [0.717, 1.165) is 5.56 Å². The first-order chi connectivity index (χ1) is 14.5. The molecule has 0 aromatic heterocycles. The van der Waals surface area contributed by atoms with Gasteiger partial charge in [-0.1, -0.05) is 35.7 Å². The Morgan fingerprint density at radius 2 is 1.87 bits per heavy atom. The molecule has 0 saturated heterocycles. The van der Waals surface area contributed by atoms with E-state index in [2.05, 4.69) is 16.0 Å². The highest BCUT2D eigenvalue weighted by Gasteiger charge is 2.25. The largest absolute Gasteiger partial charge is 0.509 e. The SMILES string of the molecule is C#CCOc1ccc(CCNC(=O)C(OC(=O)OC)c2ccc(Cl)cc2)cc1OC. The Morgan fingerprint density at radius 3 is 2.50 bits per heavy atom. The number of rotatable bonds is 9. The van der Waals surface area contributed by atoms with Crippen molar-refractivity contribution in [1.82, 2.24) is 5.32 Å². The Hall–Kier alpha value is -3.37. The fourth-order valence-corrected chi connectivity index (χ4v) is 2.71. The van der Waals surface area contributed by atoms with Gasteiger partial charge in [0.25, 0.3) is 5.91 Å². The number of carbonyl (C=O) groups is 2. The van der Waals surface area contributed by atoms with Gasteiger partial charge in [-0.15, -0.1) is 6.42 Å². The third kappa shape index (κ3) is 6.61. The second-order valence-corrected chi connectivity index (χ2v) is 6.46. The number of halogens is 1. The smallest absolute Gasteiger partial charge is 0.493 e. The summed E-state index contributed by atoms with van der Waals surface area (Å²) in [5.41, 5.74) is 1.39. The number of terminal acetylenes is 1. The standard InChI is InChI=1S/C22H22ClNO6/c1-4-13-29-18-10-5-15(14-19(18)27-2)11-12-24-21(25)20(30-22(26)28-3)16-6-8-17(23)9-7-16/h1,5-10,14,20H,11-13H2,2-3H3,(H,24,25). The molecule has 30 heavy (non-hydrogen) atoms. The van der Waals surface area contributed by atoms with E-state index < -0.39 is 18.2 Å². The minimum atomic E-state index is -1.16. The monoisotopic (exact) mass is 431 g/mol. The lowest BCUT2D eigenvalue weighted by Crippen LogP contribution is -2.33. The van der Waals surface area contributed by atoms with Gasteiger partial charge in [-0.3, -0.25) is 4.79 Å². The van der Waals surface area contributed by atoms with Crippen LogP contribution in [0, 0.1) is 12.3 Å². The molecule has 1 atom stereocenters. The molecule has 0 radical (unpaired) electrons. The number of benzene rings is 2. The highest BCUT2D eigenvalue weighted by atomic mass is 35.5. The quantitative estimate of drug-likeness (QED) is 0.483. The van der Waals surface area contributed by atoms with Gasteiger partial charge in [-0.05, 0) is 36.2 Å². The molecule has 0 heterocycles. The van der Waals surface area contributed by atoms with E-state index in [9.17, 15) is 9.59 Å². The van der Waals surface area contributed by atoms with Crippen molar-refractivity contribution in [1.29, 1.82) is 0 Å². The molecule has 1 amide bonds. The van der Waals surface area contributed by atoms with Crippen LogP contribution in [-0.4, -0.2) is 39.4 Å². The molecule has 7 nitrogen and oxygen atoms in total. The van der Waals surface area contributed by atoms with Crippen molar-refractivity contribution in [3.05, 3.63) is 58.6 Å². The van der Waals surface area contributed by atoms with Crippen LogP contribution in [0.1, 0.15) is 17.2 Å². The van der Waals surface area contributed by atoms with Gasteiger partial charge in [0.05, 0.1) is 14.2 Å². The Morgan fingerprint density at radius 1 is 1.13 bits per heavy atom. The predicted molar refractivity (Wildman–Crippen MR) is 112 cm³/mol. The highest BCUT2D eigenvalue weighted by molar-refractivity contribution is 6.30. The summed E-state index contributed by atoms with van der Waals surface area (Å²) < 4.78 is 20.3. The van der Waals surface area contributed by atoms with E-state index in [1.807, 2.05) is 6.07 Å². The normalized spacial score (nSPS) is 11.0. The Balaban J connectivity index is 2.02. The summed E-state index contributed by atoms with van der Waals surface area (Å²) in [6.45, 7) is 0.444. The number of ether oxygens (including phenoxy) is 4. The first-order valence-corrected chi connectivity index (χ1v) is 9.37. The lowest BCUT2D eigenvalue weighted by Gasteiger charge is -2.17. The number of carbonyl (C=O) groups excluding carboxylic acids is 2. The molecule has 0 bridgehead atoms. The summed E-state index contributed by atoms with van der Waals surface area (Å²) in [4.78, 5) is 24.2. The summed E-state index contributed by atoms with van der Waals surface area (Å²) in [5.74, 6) is 3.00. The maximum atomic E-state index is 12.6. The van der Waals surface area contributed by atoms with Crippen LogP contribution in [0.2, 0.25) is 5.02 Å². The van der Waals surface area contributed by atoms with E-state index in [0.29, 0.717) is 35.1 Å². The molecule has 2 aromatic carbocycles. The first kappa shape index (κ1) is 22.9. The highest BCUT2D eigenvalue weighted by Crippen LogP contribution is 2.28. The summed E-state index contributed by atoms with van der Waals surface area (Å²) in [6, 6.07) is 11.8. The number of hydrogen-bond donors (Lipinski definition) is 1. The van der Waals surface area contributed by atoms with Crippen LogP contribution in [0.15, 0.2) is 42.5 Å². The molecule has 158 valence electrons. The Labute approximate surface area is 180 Å². The zero-order chi connectivity index (χ0) is 21.9. The van der Waals surface area contributed by atoms with Gasteiger partial charge < -0.3 is 24.3 Å². The van der Waals surface area contributed by atoms with E-state index in [1.54, 1.807) is 36.4 Å². The number of methoxy groups -OCH3 is 2. The fourth-order valence-electron chi connectivity index (χ4n) is 2.58. The average Bonchev–Trinajstić information content (AvgIpc) is 2.76. The van der Waals surface area contributed by atoms with Gasteiger partial charge in [0.15, 0.2) is 11.5 Å². The molecule has 2 rings (SSSR count). The van der Waals surface area contributed by atoms with Crippen molar-refractivity contribution in [2.75, 3.05) is 27.4 Å². The van der Waals surface area contributed by atoms with Crippen LogP contribution in [0.3, 0.4) is 0 Å². The van der Waals surface area contributed by atoms with Crippen LogP contribution in [-0.2, 0) is 20.7 Å². The van der Waals surface area contributed by atoms with Gasteiger partial charge in [0.1, 0.15) is 6.61 Å². The van der Waals surface area contributed by atoms with Crippen LogP contribution in [0.25, 0.3) is 0 Å². The van der Waals surface area contributed by atoms with Gasteiger partial charge >= 0.3 is 6.16 Å². The third-order valence-corrected chi connectivity index (χ3v) is 4.30. The molecule has 1 unspecified atom stereocenters. The van der Waals surface area contributed by atoms with Crippen molar-refractivity contribution < 1.29 is 28.5 Å². The van der Waals surface area contributed by atoms with E-state index in [4.69, 9.17) is 32.2 Å². The van der Waals surface area contributed by atoms with Gasteiger partial charge in [-0.25, -0.2) is 4.79 Å². The number of amides is 1. The third-order valence-electron chi connectivity index (χ3n) is 4.04. The van der Waals surface area contributed by atoms with Crippen molar-refractivity contribution in [3.63, 3.8) is 0 Å². The van der Waals surface area contributed by atoms with Crippen molar-refractivity contribution >= 4 is 23.7 Å². The van der Waals surface area contributed by atoms with Gasteiger partial charge in [0.2, 0.25) is 6.10 Å². The van der Waals surface area contributed by atoms with Gasteiger partial charge in [0, 0.05) is 17.1 Å². The molecule has 0 saturated carbocycles. The molecule has 2 aromatic rings. The summed E-state index contributed by atoms with van der Waals surface area (Å²) in [5, 5.41) is 3.26. The lowest BCUT2D eigenvalue weighted by atomic mass is 10.1. The van der Waals surface area contributed by atoms with Gasteiger partial charge in [-0.2, -0.15) is 0 Å². The Bertz CT molecular complexity index is 907. The van der Waals surface area contributed by atoms with E-state index >= 15 is 0 Å². The summed E-state index contributed by atoms with van der Waals surface area (Å²) in [7, 11) is 2.70. The topological polar surface area (TPSA) is 83.1 Å². The molecule has 0 fully saturated rings. The zero-order valence-corrected chi connectivity index (χ0v) is 17.4. The number of hydrogen-bond acceptors (Lipinski definition) is 6. The second kappa shape index (κ2) is 11.6. The average molecular weight is 432 g/mol. The molecule has 8 heteroatoms. The minimum absolute atomic E-state index is 0.137. The maximum Gasteiger partial charge on any atom is 0.509 e. The van der Waals surface area contributed by atoms with Crippen molar-refractivity contribution in [2.24, 2.45) is 0 Å². The van der Waals surface area contributed by atoms with Crippen molar-refractivity contribution in [2.45, 2.75) is 12.5 Å². The molecule has 0 aliphatic carbocycles. The first-order valence-electron chi connectivity index (χ1n) is 8.99. The summed E-state index contributed by atoms with van der Waals surface area (Å²) in [6.07, 6.45) is 3.60. The minimum Gasteiger partial charge on any atom is -0.493 e. The van der Waals surface area contributed by atoms with Crippen LogP contribution in [0.4, 0.5) is 4.79 Å². The molecular weight excluding hydrogens is 410 g/mol. The zero-order valence-electron chi connectivity index (χ0n) is 16.6. The molecule has 0 aliphatic heterocycles. The number of nitrogens with one attached hydrogen (secondary N) is 1. The van der Waals surface area contributed by atoms with Crippen LogP contribution >= 0.6 is 11.6 Å². The Kier molecular flexibility index (Phi) is 8.85. The predicted octanol–water partition coefficient (Wildman–Crippen LogP) is 3.54. The molecular formula is C22H22ClNO6. The second-order valence-electron chi connectivity index (χ2n) is 6.02. The van der Waals surface area contributed by atoms with Crippen LogP contribution in [0.5, 0.6) is 11.5 Å². The van der Waals surface area contributed by atoms with E-state index in [-0.39, 0.29) is 6.61 Å².